The van der Waals surface area contributed by atoms with E-state index in [0.717, 1.165) is 5.69 Å². The Morgan fingerprint density at radius 3 is 2.64 bits per heavy atom. The highest BCUT2D eigenvalue weighted by molar-refractivity contribution is 5.44. The van der Waals surface area contributed by atoms with Gasteiger partial charge in [-0.15, -0.1) is 0 Å². The van der Waals surface area contributed by atoms with Gasteiger partial charge in [0.05, 0.1) is 6.61 Å². The Labute approximate surface area is 66.2 Å². The number of hydrogen-bond acceptors (Lipinski definition) is 2. The molecule has 58 valence electrons. The van der Waals surface area contributed by atoms with Crippen molar-refractivity contribution in [2.75, 3.05) is 11.9 Å². The van der Waals surface area contributed by atoms with Gasteiger partial charge in [-0.05, 0) is 24.4 Å². The number of aliphatic hydroxyl groups excluding tert-OH is 1. The lowest BCUT2D eigenvalue weighted by atomic mass is 10.3. The number of nitrogens with one attached hydrogen (secondary N) is 1. The SMILES string of the molecule is OCC=CNc1ccccc1. The molecule has 0 aliphatic heterocycles. The van der Waals surface area contributed by atoms with Crippen LogP contribution in [0.1, 0.15) is 0 Å². The van der Waals surface area contributed by atoms with Gasteiger partial charge >= 0.3 is 0 Å². The first kappa shape index (κ1) is 7.82. The number of anilines is 1. The van der Waals surface area contributed by atoms with Crippen LogP contribution in [0.15, 0.2) is 42.6 Å². The van der Waals surface area contributed by atoms with E-state index < -0.39 is 0 Å². The third-order valence-corrected chi connectivity index (χ3v) is 1.25. The van der Waals surface area contributed by atoms with Crippen molar-refractivity contribution in [1.82, 2.24) is 0 Å². The molecule has 0 unspecified atom stereocenters. The Balaban J connectivity index is 2.45. The lowest BCUT2D eigenvalue weighted by Crippen LogP contribution is -1.86. The first-order valence-corrected chi connectivity index (χ1v) is 3.51. The molecule has 1 aromatic rings. The van der Waals surface area contributed by atoms with Gasteiger partial charge in [0.2, 0.25) is 0 Å². The summed E-state index contributed by atoms with van der Waals surface area (Å²) >= 11 is 0. The molecule has 0 aromatic heterocycles. The van der Waals surface area contributed by atoms with Crippen molar-refractivity contribution in [3.8, 4) is 0 Å². The summed E-state index contributed by atoms with van der Waals surface area (Å²) in [5, 5.41) is 11.4. The zero-order chi connectivity index (χ0) is 7.94. The van der Waals surface area contributed by atoms with Crippen LogP contribution in [0.4, 0.5) is 5.69 Å². The van der Waals surface area contributed by atoms with E-state index in [2.05, 4.69) is 5.32 Å². The fourth-order valence-corrected chi connectivity index (χ4v) is 0.742. The van der Waals surface area contributed by atoms with Crippen LogP contribution in [0, 0.1) is 0 Å². The number of hydrogen-bond donors (Lipinski definition) is 2. The minimum Gasteiger partial charge on any atom is -0.392 e. The number of rotatable bonds is 3. The monoisotopic (exact) mass is 149 g/mol. The molecule has 1 aromatic carbocycles. The van der Waals surface area contributed by atoms with Gasteiger partial charge in [0.25, 0.3) is 0 Å². The molecule has 0 amide bonds. The van der Waals surface area contributed by atoms with Crippen LogP contribution in [0.25, 0.3) is 0 Å². The fraction of sp³-hybridized carbons (Fsp3) is 0.111. The molecule has 0 saturated carbocycles. The van der Waals surface area contributed by atoms with Crippen molar-refractivity contribution in [2.45, 2.75) is 0 Å². The molecule has 2 heteroatoms. The second-order valence-corrected chi connectivity index (χ2v) is 2.10. The van der Waals surface area contributed by atoms with Crippen LogP contribution >= 0.6 is 0 Å². The summed E-state index contributed by atoms with van der Waals surface area (Å²) in [7, 11) is 0. The summed E-state index contributed by atoms with van der Waals surface area (Å²) in [6.45, 7) is 0.0693. The predicted molar refractivity (Wildman–Crippen MR) is 46.3 cm³/mol. The Bertz CT molecular complexity index is 218. The van der Waals surface area contributed by atoms with Gasteiger partial charge in [0.1, 0.15) is 0 Å². The van der Waals surface area contributed by atoms with Crippen molar-refractivity contribution in [3.05, 3.63) is 42.6 Å². The average Bonchev–Trinajstić information content (AvgIpc) is 2.07. The molecular weight excluding hydrogens is 138 g/mol. The quantitative estimate of drug-likeness (QED) is 0.684. The Hall–Kier alpha value is -1.28. The molecule has 0 radical (unpaired) electrons. The summed E-state index contributed by atoms with van der Waals surface area (Å²) in [6.07, 6.45) is 3.36. The van der Waals surface area contributed by atoms with E-state index in [-0.39, 0.29) is 6.61 Å². The number of aliphatic hydroxyl groups is 1. The van der Waals surface area contributed by atoms with Gasteiger partial charge in [0.15, 0.2) is 0 Å². The maximum Gasteiger partial charge on any atom is 0.0629 e. The van der Waals surface area contributed by atoms with E-state index in [9.17, 15) is 0 Å². The fourth-order valence-electron chi connectivity index (χ4n) is 0.742. The standard InChI is InChI=1S/C9H11NO/c11-8-4-7-10-9-5-2-1-3-6-9/h1-7,10-11H,8H2. The first-order chi connectivity index (χ1) is 5.43. The molecule has 0 spiro atoms. The van der Waals surface area contributed by atoms with Gasteiger partial charge in [-0.1, -0.05) is 18.2 Å². The maximum atomic E-state index is 8.42. The second-order valence-electron chi connectivity index (χ2n) is 2.10. The Morgan fingerprint density at radius 2 is 2.00 bits per heavy atom. The van der Waals surface area contributed by atoms with E-state index >= 15 is 0 Å². The molecule has 0 bridgehead atoms. The third kappa shape index (κ3) is 2.87. The molecule has 0 heterocycles. The van der Waals surface area contributed by atoms with Crippen molar-refractivity contribution < 1.29 is 5.11 Å². The molecule has 0 aliphatic carbocycles. The Kier molecular flexibility index (Phi) is 3.22. The first-order valence-electron chi connectivity index (χ1n) is 3.51. The normalized spacial score (nSPS) is 10.3. The summed E-state index contributed by atoms with van der Waals surface area (Å²) < 4.78 is 0. The maximum absolute atomic E-state index is 8.42. The average molecular weight is 149 g/mol. The van der Waals surface area contributed by atoms with Crippen LogP contribution in [-0.4, -0.2) is 11.7 Å². The topological polar surface area (TPSA) is 32.3 Å². The highest BCUT2D eigenvalue weighted by Crippen LogP contribution is 2.03. The van der Waals surface area contributed by atoms with Gasteiger partial charge in [-0.2, -0.15) is 0 Å². The molecule has 0 fully saturated rings. The highest BCUT2D eigenvalue weighted by Gasteiger charge is 1.81. The summed E-state index contributed by atoms with van der Waals surface area (Å²) in [4.78, 5) is 0. The number of para-hydroxylation sites is 1. The molecule has 11 heavy (non-hydrogen) atoms. The van der Waals surface area contributed by atoms with Crippen molar-refractivity contribution >= 4 is 5.69 Å². The third-order valence-electron chi connectivity index (χ3n) is 1.25. The van der Waals surface area contributed by atoms with E-state index in [4.69, 9.17) is 5.11 Å². The van der Waals surface area contributed by atoms with Crippen molar-refractivity contribution in [3.63, 3.8) is 0 Å². The molecular formula is C9H11NO. The molecule has 1 rings (SSSR count). The molecule has 2 nitrogen and oxygen atoms in total. The lowest BCUT2D eigenvalue weighted by Gasteiger charge is -1.97. The molecule has 2 N–H and O–H groups in total. The van der Waals surface area contributed by atoms with Crippen LogP contribution in [0.3, 0.4) is 0 Å². The molecule has 0 saturated heterocycles. The van der Waals surface area contributed by atoms with Crippen molar-refractivity contribution in [2.24, 2.45) is 0 Å². The van der Waals surface area contributed by atoms with Crippen LogP contribution < -0.4 is 5.32 Å². The smallest absolute Gasteiger partial charge is 0.0629 e. The van der Waals surface area contributed by atoms with Gasteiger partial charge in [0, 0.05) is 5.69 Å². The Morgan fingerprint density at radius 1 is 1.27 bits per heavy atom. The number of benzene rings is 1. The summed E-state index contributed by atoms with van der Waals surface area (Å²) in [5.41, 5.74) is 1.03. The highest BCUT2D eigenvalue weighted by atomic mass is 16.2. The van der Waals surface area contributed by atoms with E-state index in [1.165, 1.54) is 0 Å². The summed E-state index contributed by atoms with van der Waals surface area (Å²) in [6, 6.07) is 9.79. The lowest BCUT2D eigenvalue weighted by molar-refractivity contribution is 0.342. The van der Waals surface area contributed by atoms with E-state index in [1.807, 2.05) is 30.3 Å². The second kappa shape index (κ2) is 4.52. The van der Waals surface area contributed by atoms with E-state index in [1.54, 1.807) is 12.3 Å². The van der Waals surface area contributed by atoms with Crippen LogP contribution in [0.2, 0.25) is 0 Å². The van der Waals surface area contributed by atoms with E-state index in [0.29, 0.717) is 0 Å². The minimum absolute atomic E-state index is 0.0693. The summed E-state index contributed by atoms with van der Waals surface area (Å²) in [5.74, 6) is 0. The largest absolute Gasteiger partial charge is 0.392 e. The zero-order valence-corrected chi connectivity index (χ0v) is 6.20. The van der Waals surface area contributed by atoms with Gasteiger partial charge in [-0.3, -0.25) is 0 Å². The zero-order valence-electron chi connectivity index (χ0n) is 6.20. The van der Waals surface area contributed by atoms with Gasteiger partial charge in [-0.25, -0.2) is 0 Å². The predicted octanol–water partition coefficient (Wildman–Crippen LogP) is 1.60. The molecule has 0 atom stereocenters. The molecule has 0 aliphatic rings. The van der Waals surface area contributed by atoms with Gasteiger partial charge < -0.3 is 10.4 Å². The minimum atomic E-state index is 0.0693. The van der Waals surface area contributed by atoms with Crippen LogP contribution in [-0.2, 0) is 0 Å². The van der Waals surface area contributed by atoms with Crippen molar-refractivity contribution in [1.29, 1.82) is 0 Å². The van der Waals surface area contributed by atoms with Crippen LogP contribution in [0.5, 0.6) is 0 Å².